The molecular formula is C66H52N6O2. The van der Waals surface area contributed by atoms with Crippen LogP contribution in [0.25, 0.3) is 87.2 Å². The second-order valence-electron chi connectivity index (χ2n) is 20.7. The van der Waals surface area contributed by atoms with Crippen LogP contribution in [-0.4, -0.2) is 39.9 Å². The number of aromatic nitrogens is 4. The van der Waals surface area contributed by atoms with Crippen molar-refractivity contribution in [1.82, 2.24) is 28.1 Å². The van der Waals surface area contributed by atoms with Gasteiger partial charge < -0.3 is 28.1 Å². The molecule has 0 aliphatic carbocycles. The van der Waals surface area contributed by atoms with Gasteiger partial charge in [0, 0.05) is 151 Å². The predicted octanol–water partition coefficient (Wildman–Crippen LogP) is 14.6. The van der Waals surface area contributed by atoms with Crippen molar-refractivity contribution in [2.75, 3.05) is 0 Å². The molecule has 0 unspecified atom stereocenters. The average Bonchev–Trinajstić information content (AvgIpc) is 4.14. The van der Waals surface area contributed by atoms with Gasteiger partial charge in [-0.1, -0.05) is 97.1 Å². The van der Waals surface area contributed by atoms with Crippen molar-refractivity contribution >= 4 is 99.0 Å². The first-order valence-corrected chi connectivity index (χ1v) is 26.2. The predicted molar refractivity (Wildman–Crippen MR) is 301 cm³/mol. The first-order chi connectivity index (χ1) is 36.5. The van der Waals surface area contributed by atoms with Gasteiger partial charge in [0.05, 0.1) is 0 Å². The van der Waals surface area contributed by atoms with E-state index in [1.165, 1.54) is 87.2 Å². The Kier molecular flexibility index (Phi) is 9.74. The summed E-state index contributed by atoms with van der Waals surface area (Å²) in [5.41, 5.74) is 15.1. The van der Waals surface area contributed by atoms with Crippen LogP contribution in [0.15, 0.2) is 194 Å². The van der Waals surface area contributed by atoms with Gasteiger partial charge in [-0.25, -0.2) is 0 Å². The molecule has 0 radical (unpaired) electrons. The molecule has 13 aromatic rings. The van der Waals surface area contributed by atoms with E-state index in [1.807, 2.05) is 34.1 Å². The monoisotopic (exact) mass is 960 g/mol. The Morgan fingerprint density at radius 1 is 0.270 bits per heavy atom. The lowest BCUT2D eigenvalue weighted by molar-refractivity contribution is 0.0719. The molecule has 8 nitrogen and oxygen atoms in total. The standard InChI is InChI=1S/C66H52N6O2/c73-65(67-39-43-19-27-61-53(35-43)49-11-1-5-15-57(49)69(61)31-9-32-70-58-16-6-2-12-50(58)54-36-44(40-67)20-28-62(54)70)47-23-25-48(26-24-47)66(74)68-41-45-21-29-63-55(37-45)51-13-3-7-17-59(51)71(63)33-10-34-72-60-18-8-4-14-52(60)56-38-46(42-68)22-30-64(56)72/h1-8,11-30,35-38H,9-10,31-34,39-42H2. The van der Waals surface area contributed by atoms with Crippen molar-refractivity contribution in [3.63, 3.8) is 0 Å². The van der Waals surface area contributed by atoms with Gasteiger partial charge >= 0.3 is 0 Å². The quantitative estimate of drug-likeness (QED) is 0.173. The number of benzene rings is 9. The molecule has 74 heavy (non-hydrogen) atoms. The van der Waals surface area contributed by atoms with E-state index in [0.717, 1.165) is 61.3 Å². The second-order valence-corrected chi connectivity index (χ2v) is 20.7. The highest BCUT2D eigenvalue weighted by atomic mass is 16.2. The molecule has 0 N–H and O–H groups in total. The van der Waals surface area contributed by atoms with Crippen LogP contribution in [0, 0.1) is 0 Å². The van der Waals surface area contributed by atoms with Crippen molar-refractivity contribution in [2.45, 2.75) is 65.2 Å². The van der Waals surface area contributed by atoms with Gasteiger partial charge in [-0.15, -0.1) is 0 Å². The van der Waals surface area contributed by atoms with Crippen LogP contribution in [0.3, 0.4) is 0 Å². The summed E-state index contributed by atoms with van der Waals surface area (Å²) in [6.45, 7) is 5.26. The molecule has 0 fully saturated rings. The lowest BCUT2D eigenvalue weighted by Crippen LogP contribution is -2.31. The maximum absolute atomic E-state index is 15.1. The molecular weight excluding hydrogens is 909 g/mol. The first-order valence-electron chi connectivity index (χ1n) is 26.2. The fourth-order valence-electron chi connectivity index (χ4n) is 12.9. The highest BCUT2D eigenvalue weighted by molar-refractivity contribution is 6.11. The molecule has 0 spiro atoms. The summed E-state index contributed by atoms with van der Waals surface area (Å²) < 4.78 is 9.87. The number of amides is 2. The number of hydrogen-bond acceptors (Lipinski definition) is 2. The minimum atomic E-state index is -0.0832. The van der Waals surface area contributed by atoms with Crippen molar-refractivity contribution < 1.29 is 9.59 Å². The van der Waals surface area contributed by atoms with Crippen LogP contribution < -0.4 is 0 Å². The Balaban J connectivity index is 0.804. The fourth-order valence-corrected chi connectivity index (χ4v) is 12.9. The van der Waals surface area contributed by atoms with Crippen LogP contribution in [0.2, 0.25) is 0 Å². The first kappa shape index (κ1) is 42.8. The summed E-state index contributed by atoms with van der Waals surface area (Å²) in [6.07, 6.45) is 1.98. The van der Waals surface area contributed by atoms with E-state index in [2.05, 4.69) is 188 Å². The average molecular weight is 961 g/mol. The number of para-hydroxylation sites is 4. The van der Waals surface area contributed by atoms with Gasteiger partial charge in [-0.2, -0.15) is 0 Å². The maximum atomic E-state index is 15.1. The van der Waals surface area contributed by atoms with Gasteiger partial charge in [0.1, 0.15) is 0 Å². The molecule has 21 rings (SSSR count). The van der Waals surface area contributed by atoms with E-state index in [1.54, 1.807) is 0 Å². The minimum Gasteiger partial charge on any atom is -0.340 e. The zero-order valence-electron chi connectivity index (χ0n) is 41.0. The van der Waals surface area contributed by atoms with E-state index in [-0.39, 0.29) is 11.8 Å². The summed E-state index contributed by atoms with van der Waals surface area (Å²) in [7, 11) is 0. The molecule has 8 aliphatic heterocycles. The minimum absolute atomic E-state index is 0.0832. The van der Waals surface area contributed by atoms with Crippen molar-refractivity contribution in [3.05, 3.63) is 228 Å². The summed E-state index contributed by atoms with van der Waals surface area (Å²) in [6, 6.07) is 69.1. The van der Waals surface area contributed by atoms with Crippen LogP contribution in [0.4, 0.5) is 0 Å². The molecule has 0 atom stereocenters. The number of carbonyl (C=O) groups excluding carboxylic acids is 2. The molecule has 16 bridgehead atoms. The summed E-state index contributed by atoms with van der Waals surface area (Å²) in [5.74, 6) is -0.166. The molecule has 4 aromatic heterocycles. The van der Waals surface area contributed by atoms with Crippen LogP contribution >= 0.6 is 0 Å². The van der Waals surface area contributed by atoms with E-state index >= 15 is 9.59 Å². The molecule has 12 heterocycles. The largest absolute Gasteiger partial charge is 0.340 e. The van der Waals surface area contributed by atoms with Gasteiger partial charge in [0.15, 0.2) is 0 Å². The molecule has 358 valence electrons. The maximum Gasteiger partial charge on any atom is 0.254 e. The highest BCUT2D eigenvalue weighted by Gasteiger charge is 2.24. The van der Waals surface area contributed by atoms with E-state index in [0.29, 0.717) is 37.3 Å². The number of nitrogens with zero attached hydrogens (tertiary/aromatic N) is 6. The number of aryl methyl sites for hydroxylation is 4. The zero-order chi connectivity index (χ0) is 49.0. The topological polar surface area (TPSA) is 60.3 Å². The molecule has 2 amide bonds. The van der Waals surface area contributed by atoms with Gasteiger partial charge in [0.25, 0.3) is 11.8 Å². The van der Waals surface area contributed by atoms with Crippen LogP contribution in [-0.2, 0) is 52.4 Å². The number of carbonyl (C=O) groups is 2. The van der Waals surface area contributed by atoms with Crippen molar-refractivity contribution in [1.29, 1.82) is 0 Å². The number of hydrogen-bond donors (Lipinski definition) is 0. The third-order valence-corrected chi connectivity index (χ3v) is 16.3. The van der Waals surface area contributed by atoms with E-state index in [4.69, 9.17) is 0 Å². The molecule has 0 saturated heterocycles. The van der Waals surface area contributed by atoms with E-state index < -0.39 is 0 Å². The Morgan fingerprint density at radius 3 is 0.784 bits per heavy atom. The van der Waals surface area contributed by atoms with Crippen molar-refractivity contribution in [3.8, 4) is 0 Å². The third-order valence-electron chi connectivity index (χ3n) is 16.3. The SMILES string of the molecule is O=C(c1ccc(C(=O)N2Cc3ccc4c(c3)c3ccccc3n4CCCn3c4ccccc4c4cc(ccc43)C2)cc1)N1Cc2ccc3c(c2)c2ccccc2n3CCCn2c3ccccc3c3cc(ccc32)C1. The summed E-state index contributed by atoms with van der Waals surface area (Å²) >= 11 is 0. The molecule has 0 saturated carbocycles. The summed E-state index contributed by atoms with van der Waals surface area (Å²) in [4.78, 5) is 34.2. The number of fused-ring (bicyclic) bond motifs is 4. The van der Waals surface area contributed by atoms with Gasteiger partial charge in [-0.3, -0.25) is 9.59 Å². The fraction of sp³-hybridized carbons (Fsp3) is 0.152. The lowest BCUT2D eigenvalue weighted by atomic mass is 10.0. The van der Waals surface area contributed by atoms with Crippen LogP contribution in [0.1, 0.15) is 55.8 Å². The summed E-state index contributed by atoms with van der Waals surface area (Å²) in [5, 5.41) is 9.71. The third kappa shape index (κ3) is 6.81. The number of rotatable bonds is 2. The second kappa shape index (κ2) is 16.9. The molecule has 9 aromatic carbocycles. The van der Waals surface area contributed by atoms with E-state index in [9.17, 15) is 0 Å². The Morgan fingerprint density at radius 2 is 0.514 bits per heavy atom. The Hall–Kier alpha value is -8.88. The Bertz CT molecular complexity index is 3920. The molecule has 8 aliphatic rings. The van der Waals surface area contributed by atoms with Gasteiger partial charge in [0.2, 0.25) is 0 Å². The Labute approximate surface area is 427 Å². The lowest BCUT2D eigenvalue weighted by Gasteiger charge is -2.25. The highest BCUT2D eigenvalue weighted by Crippen LogP contribution is 2.37. The van der Waals surface area contributed by atoms with Crippen LogP contribution in [0.5, 0.6) is 0 Å². The smallest absolute Gasteiger partial charge is 0.254 e. The van der Waals surface area contributed by atoms with Crippen molar-refractivity contribution in [2.24, 2.45) is 0 Å². The zero-order valence-corrected chi connectivity index (χ0v) is 41.0. The normalized spacial score (nSPS) is 14.5. The van der Waals surface area contributed by atoms with Gasteiger partial charge in [-0.05, 0) is 132 Å². The molecule has 8 heteroatoms.